The maximum Gasteiger partial charge on any atom is 0.406 e. The van der Waals surface area contributed by atoms with Crippen LogP contribution in [0.15, 0.2) is 36.7 Å². The molecular weight excluding hydrogens is 248 g/mol. The molecular formula is C12H12N4O3. The molecule has 0 aliphatic rings. The van der Waals surface area contributed by atoms with E-state index in [9.17, 15) is 10.1 Å². The number of aromatic nitrogens is 2. The van der Waals surface area contributed by atoms with Crippen molar-refractivity contribution in [3.05, 3.63) is 52.3 Å². The Morgan fingerprint density at radius 1 is 1.32 bits per heavy atom. The van der Waals surface area contributed by atoms with Crippen molar-refractivity contribution in [3.63, 3.8) is 0 Å². The third-order valence-electron chi connectivity index (χ3n) is 2.44. The smallest absolute Gasteiger partial charge is 0.406 e. The Morgan fingerprint density at radius 3 is 2.79 bits per heavy atom. The van der Waals surface area contributed by atoms with E-state index in [4.69, 9.17) is 4.74 Å². The largest absolute Gasteiger partial charge is 0.481 e. The summed E-state index contributed by atoms with van der Waals surface area (Å²) in [7, 11) is 1.75. The second kappa shape index (κ2) is 5.76. The fraction of sp³-hybridized carbons (Fsp3) is 0.167. The van der Waals surface area contributed by atoms with Gasteiger partial charge in [0.25, 0.3) is 0 Å². The fourth-order valence-corrected chi connectivity index (χ4v) is 1.57. The summed E-state index contributed by atoms with van der Waals surface area (Å²) in [5.41, 5.74) is 0.808. The van der Waals surface area contributed by atoms with Crippen LogP contribution in [0, 0.1) is 10.1 Å². The lowest BCUT2D eigenvalue weighted by Crippen LogP contribution is -2.04. The summed E-state index contributed by atoms with van der Waals surface area (Å²) in [6, 6.07) is 6.71. The van der Waals surface area contributed by atoms with Crippen LogP contribution in [0.2, 0.25) is 0 Å². The summed E-state index contributed by atoms with van der Waals surface area (Å²) in [5, 5.41) is 13.7. The van der Waals surface area contributed by atoms with Crippen molar-refractivity contribution < 1.29 is 9.66 Å². The third-order valence-corrected chi connectivity index (χ3v) is 2.44. The van der Waals surface area contributed by atoms with E-state index in [2.05, 4.69) is 15.3 Å². The van der Waals surface area contributed by atoms with E-state index in [0.29, 0.717) is 5.82 Å². The quantitative estimate of drug-likeness (QED) is 0.653. The normalized spacial score (nSPS) is 9.95. The topological polar surface area (TPSA) is 90.2 Å². The minimum atomic E-state index is -0.572. The molecule has 0 atom stereocenters. The molecule has 0 aliphatic carbocycles. The molecule has 7 heteroatoms. The first-order valence-corrected chi connectivity index (χ1v) is 5.56. The minimum Gasteiger partial charge on any atom is -0.481 e. The molecule has 2 heterocycles. The molecule has 0 aromatic carbocycles. The first-order valence-electron chi connectivity index (χ1n) is 5.56. The number of hydrogen-bond donors (Lipinski definition) is 1. The van der Waals surface area contributed by atoms with Crippen LogP contribution in [0.3, 0.4) is 0 Å². The van der Waals surface area contributed by atoms with E-state index in [0.717, 1.165) is 5.56 Å². The van der Waals surface area contributed by atoms with Gasteiger partial charge >= 0.3 is 5.82 Å². The summed E-state index contributed by atoms with van der Waals surface area (Å²) < 4.78 is 5.44. The van der Waals surface area contributed by atoms with Crippen LogP contribution in [-0.4, -0.2) is 21.9 Å². The Bertz CT molecular complexity index is 589. The summed E-state index contributed by atoms with van der Waals surface area (Å²) in [4.78, 5) is 18.0. The zero-order valence-electron chi connectivity index (χ0n) is 10.2. The van der Waals surface area contributed by atoms with Crippen LogP contribution in [-0.2, 0) is 6.61 Å². The molecule has 1 N–H and O–H groups in total. The van der Waals surface area contributed by atoms with E-state index < -0.39 is 4.92 Å². The van der Waals surface area contributed by atoms with Crippen LogP contribution in [0.1, 0.15) is 5.56 Å². The number of rotatable bonds is 5. The van der Waals surface area contributed by atoms with Gasteiger partial charge in [-0.3, -0.25) is 0 Å². The van der Waals surface area contributed by atoms with Gasteiger partial charge in [0.05, 0.1) is 0 Å². The Labute approximate surface area is 109 Å². The lowest BCUT2D eigenvalue weighted by atomic mass is 10.2. The highest BCUT2D eigenvalue weighted by molar-refractivity contribution is 5.44. The van der Waals surface area contributed by atoms with Gasteiger partial charge in [0, 0.05) is 18.8 Å². The number of pyridine rings is 2. The van der Waals surface area contributed by atoms with E-state index in [1.165, 1.54) is 12.3 Å². The summed E-state index contributed by atoms with van der Waals surface area (Å²) in [6.07, 6.45) is 3.01. The molecule has 0 unspecified atom stereocenters. The van der Waals surface area contributed by atoms with E-state index in [1.54, 1.807) is 25.4 Å². The van der Waals surface area contributed by atoms with Gasteiger partial charge in [-0.25, -0.2) is 4.98 Å². The summed E-state index contributed by atoms with van der Waals surface area (Å²) >= 11 is 0. The minimum absolute atomic E-state index is 0.137. The van der Waals surface area contributed by atoms with Crippen LogP contribution in [0.25, 0.3) is 0 Å². The maximum atomic E-state index is 10.8. The predicted octanol–water partition coefficient (Wildman–Crippen LogP) is 2.01. The zero-order chi connectivity index (χ0) is 13.7. The number of anilines is 1. The summed E-state index contributed by atoms with van der Waals surface area (Å²) in [5.74, 6) is 0.518. The van der Waals surface area contributed by atoms with Gasteiger partial charge in [-0.15, -0.1) is 0 Å². The van der Waals surface area contributed by atoms with Gasteiger partial charge in [0.15, 0.2) is 0 Å². The molecule has 19 heavy (non-hydrogen) atoms. The average Bonchev–Trinajstić information content (AvgIpc) is 2.45. The predicted molar refractivity (Wildman–Crippen MR) is 69.0 cm³/mol. The van der Waals surface area contributed by atoms with Crippen LogP contribution in [0.5, 0.6) is 5.75 Å². The molecule has 2 aromatic rings. The van der Waals surface area contributed by atoms with Gasteiger partial charge in [-0.2, -0.15) is 0 Å². The highest BCUT2D eigenvalue weighted by atomic mass is 16.6. The van der Waals surface area contributed by atoms with Crippen LogP contribution >= 0.6 is 0 Å². The van der Waals surface area contributed by atoms with E-state index >= 15 is 0 Å². The SMILES string of the molecule is CNc1ncccc1COc1cccnc1[N+](=O)[O-]. The molecule has 2 rings (SSSR count). The molecule has 0 bridgehead atoms. The van der Waals surface area contributed by atoms with Gasteiger partial charge in [-0.05, 0) is 28.1 Å². The molecule has 0 saturated heterocycles. The highest BCUT2D eigenvalue weighted by Crippen LogP contribution is 2.24. The lowest BCUT2D eigenvalue weighted by Gasteiger charge is -2.09. The van der Waals surface area contributed by atoms with Crippen molar-refractivity contribution >= 4 is 11.6 Å². The fourth-order valence-electron chi connectivity index (χ4n) is 1.57. The monoisotopic (exact) mass is 260 g/mol. The molecule has 0 aliphatic heterocycles. The van der Waals surface area contributed by atoms with Gasteiger partial charge in [0.1, 0.15) is 18.6 Å². The Hall–Kier alpha value is -2.70. The first kappa shape index (κ1) is 12.7. The van der Waals surface area contributed by atoms with Crippen molar-refractivity contribution in [3.8, 4) is 5.75 Å². The molecule has 0 amide bonds. The molecule has 98 valence electrons. The average molecular weight is 260 g/mol. The second-order valence-corrected chi connectivity index (χ2v) is 3.63. The van der Waals surface area contributed by atoms with Crippen molar-refractivity contribution in [2.75, 3.05) is 12.4 Å². The molecule has 0 spiro atoms. The maximum absolute atomic E-state index is 10.8. The van der Waals surface area contributed by atoms with Gasteiger partial charge in [-0.1, -0.05) is 6.07 Å². The zero-order valence-corrected chi connectivity index (χ0v) is 10.2. The molecule has 2 aromatic heterocycles. The van der Waals surface area contributed by atoms with Crippen molar-refractivity contribution in [2.45, 2.75) is 6.61 Å². The van der Waals surface area contributed by atoms with E-state index in [1.807, 2.05) is 6.07 Å². The first-order chi connectivity index (χ1) is 9.22. The number of nitrogens with zero attached hydrogens (tertiary/aromatic N) is 3. The molecule has 7 nitrogen and oxygen atoms in total. The second-order valence-electron chi connectivity index (χ2n) is 3.63. The summed E-state index contributed by atoms with van der Waals surface area (Å²) in [6.45, 7) is 0.177. The number of ether oxygens (including phenoxy) is 1. The number of nitro groups is 1. The van der Waals surface area contributed by atoms with Crippen LogP contribution < -0.4 is 10.1 Å². The van der Waals surface area contributed by atoms with Crippen LogP contribution in [0.4, 0.5) is 11.6 Å². The Morgan fingerprint density at radius 2 is 2.05 bits per heavy atom. The third kappa shape index (κ3) is 2.95. The van der Waals surface area contributed by atoms with E-state index in [-0.39, 0.29) is 18.2 Å². The number of nitrogens with one attached hydrogen (secondary N) is 1. The molecule has 0 fully saturated rings. The number of hydrogen-bond acceptors (Lipinski definition) is 6. The van der Waals surface area contributed by atoms with Gasteiger partial charge in [0.2, 0.25) is 5.75 Å². The Kier molecular flexibility index (Phi) is 3.87. The highest BCUT2D eigenvalue weighted by Gasteiger charge is 2.15. The van der Waals surface area contributed by atoms with Crippen molar-refractivity contribution in [1.29, 1.82) is 0 Å². The lowest BCUT2D eigenvalue weighted by molar-refractivity contribution is -0.390. The van der Waals surface area contributed by atoms with Crippen molar-refractivity contribution in [1.82, 2.24) is 9.97 Å². The van der Waals surface area contributed by atoms with Crippen molar-refractivity contribution in [2.24, 2.45) is 0 Å². The molecule has 0 radical (unpaired) electrons. The molecule has 0 saturated carbocycles. The van der Waals surface area contributed by atoms with Gasteiger partial charge < -0.3 is 20.2 Å². The standard InChI is InChI=1S/C12H12N4O3/c1-13-11-9(4-2-6-14-11)8-19-10-5-3-7-15-12(10)16(17)18/h2-7H,8H2,1H3,(H,13,14). The Balaban J connectivity index is 2.17.